The van der Waals surface area contributed by atoms with Crippen LogP contribution in [-0.2, 0) is 22.6 Å². The van der Waals surface area contributed by atoms with Gasteiger partial charge in [-0.2, -0.15) is 0 Å². The van der Waals surface area contributed by atoms with E-state index < -0.39 is 11.8 Å². The number of methoxy groups -OCH3 is 2. The van der Waals surface area contributed by atoms with Crippen LogP contribution in [0.25, 0.3) is 11.1 Å². The zero-order chi connectivity index (χ0) is 27.6. The maximum atomic E-state index is 15.4. The normalized spacial score (nSPS) is 15.7. The molecule has 3 aromatic rings. The van der Waals surface area contributed by atoms with E-state index in [2.05, 4.69) is 0 Å². The lowest BCUT2D eigenvalue weighted by Crippen LogP contribution is -2.21. The molecule has 7 heteroatoms. The lowest BCUT2D eigenvalue weighted by Gasteiger charge is -2.32. The summed E-state index contributed by atoms with van der Waals surface area (Å²) in [5.74, 6) is -1.55. The molecule has 0 saturated carbocycles. The molecule has 0 radical (unpaired) electrons. The smallest absolute Gasteiger partial charge is 0.303 e. The molecule has 0 bridgehead atoms. The van der Waals surface area contributed by atoms with Crippen LogP contribution < -0.4 is 9.47 Å². The molecule has 202 valence electrons. The predicted octanol–water partition coefficient (Wildman–Crippen LogP) is 7.46. The Morgan fingerprint density at radius 1 is 1.05 bits per heavy atom. The van der Waals surface area contributed by atoms with Crippen molar-refractivity contribution in [1.82, 2.24) is 0 Å². The first-order valence-electron chi connectivity index (χ1n) is 12.7. The number of fused-ring (bicyclic) bond motifs is 1. The van der Waals surface area contributed by atoms with Crippen LogP contribution in [0.4, 0.5) is 8.78 Å². The van der Waals surface area contributed by atoms with Crippen LogP contribution >= 0.6 is 0 Å². The molecule has 1 N–H and O–H groups in total. The molecule has 5 nitrogen and oxygen atoms in total. The van der Waals surface area contributed by atoms with E-state index in [1.165, 1.54) is 13.2 Å². The number of carbonyl (C=O) groups is 1. The van der Waals surface area contributed by atoms with E-state index in [0.29, 0.717) is 35.3 Å². The molecule has 0 spiro atoms. The number of benzene rings is 3. The van der Waals surface area contributed by atoms with E-state index in [9.17, 15) is 14.3 Å². The predicted molar refractivity (Wildman–Crippen MR) is 142 cm³/mol. The van der Waals surface area contributed by atoms with Crippen molar-refractivity contribution in [2.45, 2.75) is 58.7 Å². The fraction of sp³-hybridized carbons (Fsp3) is 0.387. The molecule has 38 heavy (non-hydrogen) atoms. The zero-order valence-electron chi connectivity index (χ0n) is 22.4. The topological polar surface area (TPSA) is 65.0 Å². The molecule has 0 fully saturated rings. The number of carboxylic acid groups (broad SMARTS) is 1. The van der Waals surface area contributed by atoms with Gasteiger partial charge in [-0.3, -0.25) is 4.79 Å². The quantitative estimate of drug-likeness (QED) is 0.315. The van der Waals surface area contributed by atoms with Gasteiger partial charge in [0.25, 0.3) is 0 Å². The molecule has 0 amide bonds. The number of halogens is 2. The molecule has 1 aliphatic rings. The van der Waals surface area contributed by atoms with Crippen molar-refractivity contribution in [3.63, 3.8) is 0 Å². The van der Waals surface area contributed by atoms with Crippen LogP contribution in [0.1, 0.15) is 67.9 Å². The average Bonchev–Trinajstić information content (AvgIpc) is 3.26. The summed E-state index contributed by atoms with van der Waals surface area (Å²) in [6, 6.07) is 13.6. The minimum atomic E-state index is -0.944. The van der Waals surface area contributed by atoms with Crippen LogP contribution in [0, 0.1) is 17.0 Å². The highest BCUT2D eigenvalue weighted by Crippen LogP contribution is 2.43. The summed E-state index contributed by atoms with van der Waals surface area (Å²) >= 11 is 0. The van der Waals surface area contributed by atoms with Gasteiger partial charge in [-0.25, -0.2) is 8.78 Å². The summed E-state index contributed by atoms with van der Waals surface area (Å²) in [6.07, 6.45) is 0.793. The molecule has 4 rings (SSSR count). The van der Waals surface area contributed by atoms with Crippen LogP contribution in [0.2, 0.25) is 0 Å². The van der Waals surface area contributed by atoms with E-state index in [4.69, 9.17) is 14.2 Å². The monoisotopic (exact) mass is 524 g/mol. The summed E-state index contributed by atoms with van der Waals surface area (Å²) in [4.78, 5) is 11.2. The first-order valence-corrected chi connectivity index (χ1v) is 12.7. The lowest BCUT2D eigenvalue weighted by atomic mass is 9.81. The van der Waals surface area contributed by atoms with Crippen molar-refractivity contribution in [1.29, 1.82) is 0 Å². The van der Waals surface area contributed by atoms with Crippen LogP contribution in [0.15, 0.2) is 48.5 Å². The van der Waals surface area contributed by atoms with Gasteiger partial charge in [-0.05, 0) is 82.3 Å². The van der Waals surface area contributed by atoms with E-state index in [0.717, 1.165) is 16.7 Å². The molecule has 0 saturated heterocycles. The third-order valence-electron chi connectivity index (χ3n) is 7.10. The molecule has 0 aliphatic heterocycles. The Balaban J connectivity index is 1.69. The highest BCUT2D eigenvalue weighted by atomic mass is 19.1. The molecular formula is C31H34F2O5. The highest BCUT2D eigenvalue weighted by Gasteiger charge is 2.31. The van der Waals surface area contributed by atoms with Crippen LogP contribution in [0.3, 0.4) is 0 Å². The van der Waals surface area contributed by atoms with Gasteiger partial charge in [0.15, 0.2) is 11.6 Å². The molecule has 0 heterocycles. The van der Waals surface area contributed by atoms with Crippen molar-refractivity contribution in [2.75, 3.05) is 14.2 Å². The second-order valence-electron chi connectivity index (χ2n) is 10.8. The molecule has 3 aromatic carbocycles. The van der Waals surface area contributed by atoms with Crippen molar-refractivity contribution >= 4 is 5.97 Å². The van der Waals surface area contributed by atoms with Crippen LogP contribution in [-0.4, -0.2) is 25.3 Å². The summed E-state index contributed by atoms with van der Waals surface area (Å²) in [6.45, 7) is 6.21. The van der Waals surface area contributed by atoms with Crippen molar-refractivity contribution in [3.05, 3.63) is 82.4 Å². The van der Waals surface area contributed by atoms with Gasteiger partial charge in [0, 0.05) is 12.7 Å². The number of aliphatic carboxylic acids is 1. The highest BCUT2D eigenvalue weighted by molar-refractivity contribution is 5.71. The maximum Gasteiger partial charge on any atom is 0.303 e. The lowest BCUT2D eigenvalue weighted by molar-refractivity contribution is -0.137. The zero-order valence-corrected chi connectivity index (χ0v) is 22.4. The fourth-order valence-corrected chi connectivity index (χ4v) is 5.38. The van der Waals surface area contributed by atoms with Gasteiger partial charge in [0.2, 0.25) is 0 Å². The molecule has 2 atom stereocenters. The second-order valence-corrected chi connectivity index (χ2v) is 10.8. The first-order chi connectivity index (χ1) is 18.0. The van der Waals surface area contributed by atoms with Gasteiger partial charge in [-0.15, -0.1) is 0 Å². The number of rotatable bonds is 9. The number of hydrogen-bond donors (Lipinski definition) is 1. The Kier molecular flexibility index (Phi) is 8.07. The van der Waals surface area contributed by atoms with E-state index >= 15 is 4.39 Å². The van der Waals surface area contributed by atoms with Gasteiger partial charge >= 0.3 is 5.97 Å². The Labute approximate surface area is 222 Å². The number of ether oxygens (including phenoxy) is 3. The van der Waals surface area contributed by atoms with Gasteiger partial charge < -0.3 is 19.3 Å². The Hall–Kier alpha value is -3.45. The Morgan fingerprint density at radius 3 is 2.47 bits per heavy atom. The summed E-state index contributed by atoms with van der Waals surface area (Å²) in [5.41, 5.74) is 3.59. The van der Waals surface area contributed by atoms with E-state index in [1.54, 1.807) is 25.3 Å². The average molecular weight is 525 g/mol. The number of hydrogen-bond acceptors (Lipinski definition) is 4. The fourth-order valence-electron chi connectivity index (χ4n) is 5.38. The van der Waals surface area contributed by atoms with Gasteiger partial charge in [0.1, 0.15) is 18.2 Å². The van der Waals surface area contributed by atoms with E-state index in [1.807, 2.05) is 45.0 Å². The third kappa shape index (κ3) is 5.68. The van der Waals surface area contributed by atoms with Crippen molar-refractivity contribution in [3.8, 4) is 22.6 Å². The van der Waals surface area contributed by atoms with Gasteiger partial charge in [0.05, 0.1) is 19.6 Å². The number of carboxylic acids is 1. The number of aryl methyl sites for hydroxylation is 1. The van der Waals surface area contributed by atoms with E-state index in [-0.39, 0.29) is 42.0 Å². The third-order valence-corrected chi connectivity index (χ3v) is 7.10. The molecule has 2 unspecified atom stereocenters. The van der Waals surface area contributed by atoms with Crippen LogP contribution in [0.5, 0.6) is 11.5 Å². The van der Waals surface area contributed by atoms with Gasteiger partial charge in [-0.1, -0.05) is 39.0 Å². The summed E-state index contributed by atoms with van der Waals surface area (Å²) in [7, 11) is 3.16. The summed E-state index contributed by atoms with van der Waals surface area (Å²) < 4.78 is 47.5. The van der Waals surface area contributed by atoms with Crippen molar-refractivity contribution < 1.29 is 32.9 Å². The Morgan fingerprint density at radius 2 is 1.82 bits per heavy atom. The first kappa shape index (κ1) is 27.6. The largest absolute Gasteiger partial charge is 0.497 e. The molecule has 0 aromatic heterocycles. The second kappa shape index (κ2) is 11.1. The standard InChI is InChI=1S/C31H34F2O5/c1-31(2,3)30(37-5)24-14-18(6-11-22(24)23-16-21(36-4)10-12-25(23)32)17-38-26-13-9-19-7-8-20(15-27(34)35)28(19)29(26)33/h6,9-14,16,20,30H,7-8,15,17H2,1-5H3,(H,34,35). The summed E-state index contributed by atoms with van der Waals surface area (Å²) in [5, 5.41) is 9.22. The molecule has 1 aliphatic carbocycles. The maximum absolute atomic E-state index is 15.4. The minimum absolute atomic E-state index is 0.0771. The SMILES string of the molecule is COc1ccc(F)c(-c2ccc(COc3ccc4c(c3F)C(CC(=O)O)CC4)cc2C(OC)C(C)(C)C)c1. The van der Waals surface area contributed by atoms with Crippen molar-refractivity contribution in [2.24, 2.45) is 5.41 Å². The Bertz CT molecular complexity index is 1330. The molecular weight excluding hydrogens is 490 g/mol. The minimum Gasteiger partial charge on any atom is -0.497 e.